The lowest BCUT2D eigenvalue weighted by Crippen LogP contribution is -2.49. The van der Waals surface area contributed by atoms with Gasteiger partial charge in [-0.25, -0.2) is 9.97 Å². The molecule has 0 atom stereocenters. The lowest BCUT2D eigenvalue weighted by molar-refractivity contribution is -0.137. The van der Waals surface area contributed by atoms with Crippen molar-refractivity contribution in [1.82, 2.24) is 19.4 Å². The number of fused-ring (bicyclic) bond motifs is 2. The molecule has 0 spiro atoms. The number of rotatable bonds is 2. The van der Waals surface area contributed by atoms with Gasteiger partial charge in [0, 0.05) is 45.3 Å². The summed E-state index contributed by atoms with van der Waals surface area (Å²) in [4.78, 5) is 39.9. The van der Waals surface area contributed by atoms with Gasteiger partial charge in [0.2, 0.25) is 0 Å². The fourth-order valence-corrected chi connectivity index (χ4v) is 5.80. The van der Waals surface area contributed by atoms with E-state index in [1.54, 1.807) is 16.4 Å². The maximum Gasteiger partial charge on any atom is 0.417 e. The highest BCUT2D eigenvalue weighted by atomic mass is 32.1. The Morgan fingerprint density at radius 1 is 1.06 bits per heavy atom. The molecule has 34 heavy (non-hydrogen) atoms. The van der Waals surface area contributed by atoms with Crippen LogP contribution in [-0.2, 0) is 19.1 Å². The van der Waals surface area contributed by atoms with Crippen LogP contribution in [0.2, 0.25) is 0 Å². The van der Waals surface area contributed by atoms with E-state index < -0.39 is 11.7 Å². The van der Waals surface area contributed by atoms with Crippen LogP contribution in [0, 0.1) is 6.92 Å². The molecule has 7 nitrogen and oxygen atoms in total. The summed E-state index contributed by atoms with van der Waals surface area (Å²) >= 11 is 1.27. The van der Waals surface area contributed by atoms with Crippen LogP contribution in [0.1, 0.15) is 45.9 Å². The molecule has 2 aliphatic rings. The number of alkyl halides is 3. The highest BCUT2D eigenvalue weighted by molar-refractivity contribution is 7.20. The number of thiophene rings is 1. The second kappa shape index (κ2) is 8.68. The highest BCUT2D eigenvalue weighted by Gasteiger charge is 2.32. The summed E-state index contributed by atoms with van der Waals surface area (Å²) < 4.78 is 40.1. The number of anilines is 1. The zero-order valence-corrected chi connectivity index (χ0v) is 19.5. The molecular formula is C23H24F3N5O2S. The predicted molar refractivity (Wildman–Crippen MR) is 124 cm³/mol. The first-order valence-electron chi connectivity index (χ1n) is 11.3. The van der Waals surface area contributed by atoms with Crippen molar-refractivity contribution < 1.29 is 18.0 Å². The summed E-state index contributed by atoms with van der Waals surface area (Å²) in [7, 11) is 0. The Kier molecular flexibility index (Phi) is 5.83. The van der Waals surface area contributed by atoms with Crippen molar-refractivity contribution in [1.29, 1.82) is 0 Å². The zero-order valence-electron chi connectivity index (χ0n) is 18.7. The lowest BCUT2D eigenvalue weighted by Gasteiger charge is -2.35. The zero-order chi connectivity index (χ0) is 24.0. The number of pyridine rings is 1. The van der Waals surface area contributed by atoms with Crippen LogP contribution in [0.25, 0.3) is 10.2 Å². The molecule has 0 saturated carbocycles. The maximum atomic E-state index is 13.3. The highest BCUT2D eigenvalue weighted by Crippen LogP contribution is 2.31. The second-order valence-electron chi connectivity index (χ2n) is 8.71. The van der Waals surface area contributed by atoms with E-state index in [9.17, 15) is 22.8 Å². The number of nitrogens with zero attached hydrogens (tertiary/aromatic N) is 5. The maximum absolute atomic E-state index is 13.3. The van der Waals surface area contributed by atoms with E-state index in [0.29, 0.717) is 59.2 Å². The van der Waals surface area contributed by atoms with E-state index in [-0.39, 0.29) is 11.5 Å². The van der Waals surface area contributed by atoms with E-state index in [1.807, 2.05) is 4.90 Å². The van der Waals surface area contributed by atoms with Gasteiger partial charge < -0.3 is 9.80 Å². The van der Waals surface area contributed by atoms with Crippen LogP contribution in [0.3, 0.4) is 0 Å². The number of carbonyl (C=O) groups is 1. The van der Waals surface area contributed by atoms with Crippen molar-refractivity contribution in [3.63, 3.8) is 0 Å². The number of hydrogen-bond acceptors (Lipinski definition) is 6. The lowest BCUT2D eigenvalue weighted by atomic mass is 10.2. The van der Waals surface area contributed by atoms with Gasteiger partial charge in [-0.15, -0.1) is 11.3 Å². The van der Waals surface area contributed by atoms with Crippen molar-refractivity contribution in [2.24, 2.45) is 0 Å². The van der Waals surface area contributed by atoms with Crippen LogP contribution >= 0.6 is 11.3 Å². The molecule has 180 valence electrons. The molecule has 5 rings (SSSR count). The number of aryl methyl sites for hydroxylation is 2. The third kappa shape index (κ3) is 4.06. The van der Waals surface area contributed by atoms with E-state index >= 15 is 0 Å². The standard InChI is InChI=1S/C23H24F3N5O2S/c1-14-18-20(28-17-5-3-2-4-8-31(17)21(18)32)34-19(14)22(33)30-11-9-29(10-12-30)16-7-6-15(13-27-16)23(24,25)26/h6-7,13H,2-5,8-12H2,1H3. The summed E-state index contributed by atoms with van der Waals surface area (Å²) in [5, 5.41) is 0.534. The summed E-state index contributed by atoms with van der Waals surface area (Å²) in [6, 6.07) is 2.38. The van der Waals surface area contributed by atoms with Gasteiger partial charge in [0.25, 0.3) is 11.5 Å². The van der Waals surface area contributed by atoms with Crippen molar-refractivity contribution in [2.45, 2.75) is 45.3 Å². The first-order chi connectivity index (χ1) is 16.2. The molecule has 0 N–H and O–H groups in total. The Bertz CT molecular complexity index is 1290. The van der Waals surface area contributed by atoms with Gasteiger partial charge in [0.1, 0.15) is 16.5 Å². The molecule has 0 unspecified atom stereocenters. The predicted octanol–water partition coefficient (Wildman–Crippen LogP) is 3.87. The molecule has 0 radical (unpaired) electrons. The normalized spacial score (nSPS) is 17.1. The van der Waals surface area contributed by atoms with E-state index in [2.05, 4.69) is 4.98 Å². The van der Waals surface area contributed by atoms with Crippen LogP contribution in [0.4, 0.5) is 19.0 Å². The molecule has 2 aliphatic heterocycles. The van der Waals surface area contributed by atoms with E-state index in [1.165, 1.54) is 17.4 Å². The van der Waals surface area contributed by atoms with Gasteiger partial charge in [-0.1, -0.05) is 6.42 Å². The molecule has 1 saturated heterocycles. The third-order valence-electron chi connectivity index (χ3n) is 6.57. The first kappa shape index (κ1) is 22.8. The SMILES string of the molecule is Cc1c(C(=O)N2CCN(c3ccc(C(F)(F)F)cn3)CC2)sc2nc3n(c(=O)c12)CCCCC3. The molecule has 0 bridgehead atoms. The Hall–Kier alpha value is -2.95. The monoisotopic (exact) mass is 491 g/mol. The smallest absolute Gasteiger partial charge is 0.353 e. The van der Waals surface area contributed by atoms with Crippen molar-refractivity contribution in [2.75, 3.05) is 31.1 Å². The van der Waals surface area contributed by atoms with Crippen LogP contribution in [-0.4, -0.2) is 51.5 Å². The largest absolute Gasteiger partial charge is 0.417 e. The van der Waals surface area contributed by atoms with Crippen molar-refractivity contribution in [3.8, 4) is 0 Å². The van der Waals surface area contributed by atoms with Gasteiger partial charge in [-0.3, -0.25) is 14.2 Å². The quantitative estimate of drug-likeness (QED) is 0.544. The number of amides is 1. The molecule has 0 aliphatic carbocycles. The number of aromatic nitrogens is 3. The summed E-state index contributed by atoms with van der Waals surface area (Å²) in [5.41, 5.74) is -0.172. The molecule has 11 heteroatoms. The summed E-state index contributed by atoms with van der Waals surface area (Å²) in [5.74, 6) is 1.12. The molecule has 1 fully saturated rings. The molecule has 3 aromatic heterocycles. The molecule has 0 aromatic carbocycles. The van der Waals surface area contributed by atoms with Crippen LogP contribution in [0.15, 0.2) is 23.1 Å². The molecule has 3 aromatic rings. The second-order valence-corrected chi connectivity index (χ2v) is 9.71. The van der Waals surface area contributed by atoms with Gasteiger partial charge in [-0.2, -0.15) is 13.2 Å². The minimum Gasteiger partial charge on any atom is -0.353 e. The minimum atomic E-state index is -4.42. The van der Waals surface area contributed by atoms with Crippen molar-refractivity contribution >= 4 is 33.3 Å². The molecule has 5 heterocycles. The molecular weight excluding hydrogens is 467 g/mol. The number of halogens is 3. The average molecular weight is 492 g/mol. The minimum absolute atomic E-state index is 0.0621. The average Bonchev–Trinajstić information content (AvgIpc) is 2.99. The first-order valence-corrected chi connectivity index (χ1v) is 12.2. The number of piperazine rings is 1. The fraction of sp³-hybridized carbons (Fsp3) is 0.478. The van der Waals surface area contributed by atoms with Crippen LogP contribution in [0.5, 0.6) is 0 Å². The van der Waals surface area contributed by atoms with Gasteiger partial charge >= 0.3 is 6.18 Å². The van der Waals surface area contributed by atoms with E-state index in [0.717, 1.165) is 43.8 Å². The number of hydrogen-bond donors (Lipinski definition) is 0. The summed E-state index contributed by atoms with van der Waals surface area (Å²) in [6.45, 7) is 4.22. The van der Waals surface area contributed by atoms with E-state index in [4.69, 9.17) is 4.98 Å². The van der Waals surface area contributed by atoms with Gasteiger partial charge in [0.05, 0.1) is 15.8 Å². The summed E-state index contributed by atoms with van der Waals surface area (Å²) in [6.07, 6.45) is 0.215. The topological polar surface area (TPSA) is 71.3 Å². The number of carbonyl (C=O) groups excluding carboxylic acids is 1. The Morgan fingerprint density at radius 2 is 1.82 bits per heavy atom. The van der Waals surface area contributed by atoms with Crippen LogP contribution < -0.4 is 10.5 Å². The third-order valence-corrected chi connectivity index (χ3v) is 7.75. The Labute approximate surface area is 197 Å². The van der Waals surface area contributed by atoms with Gasteiger partial charge in [-0.05, 0) is 37.5 Å². The Morgan fingerprint density at radius 3 is 2.50 bits per heavy atom. The van der Waals surface area contributed by atoms with Gasteiger partial charge in [0.15, 0.2) is 0 Å². The Balaban J connectivity index is 1.34. The van der Waals surface area contributed by atoms with Crippen molar-refractivity contribution in [3.05, 3.63) is 50.5 Å². The molecule has 1 amide bonds. The fourth-order valence-electron chi connectivity index (χ4n) is 4.64.